The fraction of sp³-hybridized carbons (Fsp3) is 0.500. The van der Waals surface area contributed by atoms with Crippen LogP contribution < -0.4 is 5.32 Å². The summed E-state index contributed by atoms with van der Waals surface area (Å²) in [6.45, 7) is 2.15. The third kappa shape index (κ3) is 1.52. The minimum absolute atomic E-state index is 0.472. The Labute approximate surface area is 70.0 Å². The minimum Gasteiger partial charge on any atom is -0.367 e. The van der Waals surface area contributed by atoms with E-state index in [1.807, 2.05) is 0 Å². The zero-order chi connectivity index (χ0) is 8.55. The Morgan fingerprint density at radius 2 is 2.33 bits per heavy atom. The molecule has 1 aliphatic rings. The van der Waals surface area contributed by atoms with Gasteiger partial charge in [0.05, 0.1) is 0 Å². The average molecular weight is 167 g/mol. The largest absolute Gasteiger partial charge is 0.367 e. The quantitative estimate of drug-likeness (QED) is 0.677. The zero-order valence-corrected chi connectivity index (χ0v) is 6.79. The first-order valence-electron chi connectivity index (χ1n) is 4.00. The van der Waals surface area contributed by atoms with E-state index in [4.69, 9.17) is 0 Å². The Balaban J connectivity index is 2.03. The predicted octanol–water partition coefficient (Wildman–Crippen LogP) is 1.44. The van der Waals surface area contributed by atoms with Crippen molar-refractivity contribution in [1.82, 2.24) is 9.97 Å². The maximum absolute atomic E-state index is 12.5. The highest BCUT2D eigenvalue weighted by Gasteiger charge is 2.32. The number of hydrogen-bond acceptors (Lipinski definition) is 3. The SMILES string of the molecule is CC1CC1Nc1cc(F)ncn1. The van der Waals surface area contributed by atoms with Crippen molar-refractivity contribution in [3.8, 4) is 0 Å². The molecule has 0 spiro atoms. The van der Waals surface area contributed by atoms with Crippen molar-refractivity contribution in [2.75, 3.05) is 5.32 Å². The number of aromatic nitrogens is 2. The van der Waals surface area contributed by atoms with E-state index in [-0.39, 0.29) is 0 Å². The molecule has 64 valence electrons. The van der Waals surface area contributed by atoms with Gasteiger partial charge in [0.15, 0.2) is 0 Å². The first kappa shape index (κ1) is 7.46. The van der Waals surface area contributed by atoms with Crippen LogP contribution in [0.25, 0.3) is 0 Å². The van der Waals surface area contributed by atoms with Crippen molar-refractivity contribution in [3.63, 3.8) is 0 Å². The minimum atomic E-state index is -0.485. The lowest BCUT2D eigenvalue weighted by Crippen LogP contribution is -2.05. The van der Waals surface area contributed by atoms with E-state index in [9.17, 15) is 4.39 Å². The second-order valence-electron chi connectivity index (χ2n) is 3.19. The summed E-state index contributed by atoms with van der Waals surface area (Å²) in [5, 5.41) is 3.12. The Morgan fingerprint density at radius 1 is 1.58 bits per heavy atom. The normalized spacial score (nSPS) is 26.8. The Kier molecular flexibility index (Phi) is 1.67. The molecule has 3 nitrogen and oxygen atoms in total. The molecule has 1 aromatic heterocycles. The van der Waals surface area contributed by atoms with Gasteiger partial charge in [-0.1, -0.05) is 6.92 Å². The Hall–Kier alpha value is -1.19. The summed E-state index contributed by atoms with van der Waals surface area (Å²) in [5.74, 6) is 0.778. The molecule has 0 aromatic carbocycles. The second-order valence-corrected chi connectivity index (χ2v) is 3.19. The van der Waals surface area contributed by atoms with Crippen LogP contribution >= 0.6 is 0 Å². The molecule has 0 amide bonds. The second kappa shape index (κ2) is 2.69. The van der Waals surface area contributed by atoms with Gasteiger partial charge in [-0.3, -0.25) is 0 Å². The third-order valence-corrected chi connectivity index (χ3v) is 2.08. The van der Waals surface area contributed by atoms with Crippen LogP contribution in [0.15, 0.2) is 12.4 Å². The summed E-state index contributed by atoms with van der Waals surface area (Å²) in [7, 11) is 0. The predicted molar refractivity (Wildman–Crippen MR) is 43.2 cm³/mol. The van der Waals surface area contributed by atoms with Crippen LogP contribution in [0.4, 0.5) is 10.2 Å². The topological polar surface area (TPSA) is 37.8 Å². The van der Waals surface area contributed by atoms with Crippen molar-refractivity contribution in [2.24, 2.45) is 5.92 Å². The summed E-state index contributed by atoms with van der Waals surface area (Å²) in [6.07, 6.45) is 2.37. The third-order valence-electron chi connectivity index (χ3n) is 2.08. The van der Waals surface area contributed by atoms with E-state index in [0.29, 0.717) is 17.8 Å². The number of hydrogen-bond donors (Lipinski definition) is 1. The van der Waals surface area contributed by atoms with Crippen molar-refractivity contribution < 1.29 is 4.39 Å². The van der Waals surface area contributed by atoms with E-state index in [1.54, 1.807) is 0 Å². The van der Waals surface area contributed by atoms with Gasteiger partial charge in [0.2, 0.25) is 5.95 Å². The van der Waals surface area contributed by atoms with Gasteiger partial charge < -0.3 is 5.32 Å². The van der Waals surface area contributed by atoms with Crippen molar-refractivity contribution in [3.05, 3.63) is 18.3 Å². The van der Waals surface area contributed by atoms with Gasteiger partial charge in [0.25, 0.3) is 0 Å². The van der Waals surface area contributed by atoms with Gasteiger partial charge in [-0.25, -0.2) is 9.97 Å². The first-order chi connectivity index (χ1) is 5.75. The van der Waals surface area contributed by atoms with E-state index >= 15 is 0 Å². The van der Waals surface area contributed by atoms with Crippen LogP contribution in [0.3, 0.4) is 0 Å². The molecule has 1 N–H and O–H groups in total. The summed E-state index contributed by atoms with van der Waals surface area (Å²) in [6, 6.07) is 1.78. The van der Waals surface area contributed by atoms with Gasteiger partial charge in [-0.05, 0) is 12.3 Å². The first-order valence-corrected chi connectivity index (χ1v) is 4.00. The molecule has 0 saturated heterocycles. The molecular formula is C8H10FN3. The summed E-state index contributed by atoms with van der Waals surface area (Å²) >= 11 is 0. The molecule has 0 bridgehead atoms. The lowest BCUT2D eigenvalue weighted by Gasteiger charge is -2.01. The Bertz CT molecular complexity index is 289. The van der Waals surface area contributed by atoms with Crippen LogP contribution in [0.5, 0.6) is 0 Å². The fourth-order valence-electron chi connectivity index (χ4n) is 1.13. The molecule has 1 aromatic rings. The van der Waals surface area contributed by atoms with Crippen molar-refractivity contribution in [1.29, 1.82) is 0 Å². The monoisotopic (exact) mass is 167 g/mol. The number of nitrogens with one attached hydrogen (secondary N) is 1. The zero-order valence-electron chi connectivity index (χ0n) is 6.79. The Morgan fingerprint density at radius 3 is 2.92 bits per heavy atom. The molecule has 2 rings (SSSR count). The number of nitrogens with zero attached hydrogens (tertiary/aromatic N) is 2. The van der Waals surface area contributed by atoms with E-state index < -0.39 is 5.95 Å². The summed E-state index contributed by atoms with van der Waals surface area (Å²) < 4.78 is 12.5. The summed E-state index contributed by atoms with van der Waals surface area (Å²) in [4.78, 5) is 7.26. The van der Waals surface area contributed by atoms with Gasteiger partial charge in [0, 0.05) is 12.1 Å². The molecular weight excluding hydrogens is 157 g/mol. The van der Waals surface area contributed by atoms with Crippen LogP contribution in [0.1, 0.15) is 13.3 Å². The molecule has 1 saturated carbocycles. The highest BCUT2D eigenvalue weighted by molar-refractivity contribution is 5.35. The van der Waals surface area contributed by atoms with Crippen LogP contribution in [0.2, 0.25) is 0 Å². The number of halogens is 1. The molecule has 2 atom stereocenters. The molecule has 0 radical (unpaired) electrons. The standard InChI is InChI=1S/C8H10FN3/c1-5-2-6(5)12-8-3-7(9)10-4-11-8/h3-6H,2H2,1H3,(H,10,11,12). The van der Waals surface area contributed by atoms with Gasteiger partial charge in [0.1, 0.15) is 12.1 Å². The molecule has 0 aliphatic heterocycles. The van der Waals surface area contributed by atoms with Crippen molar-refractivity contribution >= 4 is 5.82 Å². The molecule has 1 heterocycles. The molecule has 4 heteroatoms. The number of rotatable bonds is 2. The van der Waals surface area contributed by atoms with E-state index in [0.717, 1.165) is 6.42 Å². The fourth-order valence-corrected chi connectivity index (χ4v) is 1.13. The van der Waals surface area contributed by atoms with E-state index in [2.05, 4.69) is 22.2 Å². The molecule has 1 fully saturated rings. The van der Waals surface area contributed by atoms with E-state index in [1.165, 1.54) is 12.4 Å². The highest BCUT2D eigenvalue weighted by atomic mass is 19.1. The van der Waals surface area contributed by atoms with Crippen LogP contribution in [-0.2, 0) is 0 Å². The smallest absolute Gasteiger partial charge is 0.217 e. The summed E-state index contributed by atoms with van der Waals surface area (Å²) in [5.41, 5.74) is 0. The molecule has 12 heavy (non-hydrogen) atoms. The number of anilines is 1. The van der Waals surface area contributed by atoms with Crippen LogP contribution in [-0.4, -0.2) is 16.0 Å². The molecule has 2 unspecified atom stereocenters. The van der Waals surface area contributed by atoms with Gasteiger partial charge in [-0.2, -0.15) is 4.39 Å². The lowest BCUT2D eigenvalue weighted by molar-refractivity contribution is 0.580. The molecule has 1 aliphatic carbocycles. The highest BCUT2D eigenvalue weighted by Crippen LogP contribution is 2.31. The maximum Gasteiger partial charge on any atom is 0.217 e. The lowest BCUT2D eigenvalue weighted by atomic mass is 10.4. The average Bonchev–Trinajstić information content (AvgIpc) is 2.66. The van der Waals surface area contributed by atoms with Crippen LogP contribution in [0, 0.1) is 11.9 Å². The van der Waals surface area contributed by atoms with Gasteiger partial charge >= 0.3 is 0 Å². The van der Waals surface area contributed by atoms with Gasteiger partial charge in [-0.15, -0.1) is 0 Å². The maximum atomic E-state index is 12.5. The van der Waals surface area contributed by atoms with Crippen molar-refractivity contribution in [2.45, 2.75) is 19.4 Å².